The third-order valence-electron chi connectivity index (χ3n) is 4.59. The summed E-state index contributed by atoms with van der Waals surface area (Å²) in [5.41, 5.74) is -0.0181. The number of rotatable bonds is 7. The molecule has 0 aliphatic heterocycles. The molecule has 2 aliphatic rings. The van der Waals surface area contributed by atoms with Crippen molar-refractivity contribution in [3.05, 3.63) is 0 Å². The van der Waals surface area contributed by atoms with Gasteiger partial charge in [-0.2, -0.15) is 0 Å². The molecule has 3 heteroatoms. The van der Waals surface area contributed by atoms with Gasteiger partial charge in [-0.05, 0) is 44.6 Å². The van der Waals surface area contributed by atoms with Crippen LogP contribution in [0.2, 0.25) is 0 Å². The molecule has 106 valence electrons. The molecule has 2 rings (SSSR count). The van der Waals surface area contributed by atoms with E-state index >= 15 is 0 Å². The molecule has 0 amide bonds. The quantitative estimate of drug-likeness (QED) is 0.729. The fourth-order valence-electron chi connectivity index (χ4n) is 3.51. The van der Waals surface area contributed by atoms with Gasteiger partial charge in [0.15, 0.2) is 0 Å². The van der Waals surface area contributed by atoms with Crippen LogP contribution in [0, 0.1) is 5.92 Å². The third-order valence-corrected chi connectivity index (χ3v) is 4.59. The Morgan fingerprint density at radius 1 is 1.33 bits per heavy atom. The molecule has 2 N–H and O–H groups in total. The first kappa shape index (κ1) is 14.3. The summed E-state index contributed by atoms with van der Waals surface area (Å²) in [5.74, 6) is 0.965. The summed E-state index contributed by atoms with van der Waals surface area (Å²) in [5, 5.41) is 13.4. The molecular weight excluding hydrogens is 224 g/mol. The molecule has 0 aromatic heterocycles. The van der Waals surface area contributed by atoms with Crippen molar-refractivity contribution in [3.8, 4) is 0 Å². The Bertz CT molecular complexity index is 265. The standard InChI is InChI=1S/C15H30N2O/c1-4-17(10-13-5-6-13)14-7-8-15(9-14,11-18)16-12(2)3/h12-14,16,18H,4-11H2,1-3H3. The van der Waals surface area contributed by atoms with Crippen LogP contribution >= 0.6 is 0 Å². The van der Waals surface area contributed by atoms with Gasteiger partial charge in [-0.1, -0.05) is 20.8 Å². The van der Waals surface area contributed by atoms with Crippen molar-refractivity contribution >= 4 is 0 Å². The van der Waals surface area contributed by atoms with Crippen LogP contribution in [0.4, 0.5) is 0 Å². The van der Waals surface area contributed by atoms with Crippen molar-refractivity contribution < 1.29 is 5.11 Å². The van der Waals surface area contributed by atoms with E-state index in [0.29, 0.717) is 12.1 Å². The average Bonchev–Trinajstić information content (AvgIpc) is 3.06. The van der Waals surface area contributed by atoms with Crippen molar-refractivity contribution in [2.24, 2.45) is 5.92 Å². The number of nitrogens with zero attached hydrogens (tertiary/aromatic N) is 1. The highest BCUT2D eigenvalue weighted by Crippen LogP contribution is 2.36. The van der Waals surface area contributed by atoms with Gasteiger partial charge in [0.25, 0.3) is 0 Å². The van der Waals surface area contributed by atoms with E-state index in [1.165, 1.54) is 25.8 Å². The van der Waals surface area contributed by atoms with Crippen molar-refractivity contribution in [2.75, 3.05) is 19.7 Å². The molecule has 3 nitrogen and oxygen atoms in total. The van der Waals surface area contributed by atoms with Crippen LogP contribution in [-0.2, 0) is 0 Å². The van der Waals surface area contributed by atoms with E-state index < -0.39 is 0 Å². The van der Waals surface area contributed by atoms with E-state index in [4.69, 9.17) is 0 Å². The lowest BCUT2D eigenvalue weighted by Crippen LogP contribution is -2.51. The van der Waals surface area contributed by atoms with Gasteiger partial charge in [0, 0.05) is 24.2 Å². The maximum atomic E-state index is 9.75. The number of aliphatic hydroxyl groups is 1. The second kappa shape index (κ2) is 5.89. The largest absolute Gasteiger partial charge is 0.394 e. The first-order chi connectivity index (χ1) is 8.58. The Morgan fingerprint density at radius 3 is 2.56 bits per heavy atom. The predicted octanol–water partition coefficient (Wildman–Crippen LogP) is 2.00. The van der Waals surface area contributed by atoms with Crippen LogP contribution in [-0.4, -0.2) is 47.3 Å². The first-order valence-corrected chi connectivity index (χ1v) is 7.71. The van der Waals surface area contributed by atoms with Gasteiger partial charge in [0.1, 0.15) is 0 Å². The van der Waals surface area contributed by atoms with Crippen molar-refractivity contribution in [3.63, 3.8) is 0 Å². The second-order valence-electron chi connectivity index (χ2n) is 6.67. The third kappa shape index (κ3) is 3.46. The summed E-state index contributed by atoms with van der Waals surface area (Å²) in [6, 6.07) is 1.13. The molecule has 2 saturated carbocycles. The molecule has 0 aromatic carbocycles. The molecular formula is C15H30N2O. The maximum absolute atomic E-state index is 9.75. The monoisotopic (exact) mass is 254 g/mol. The molecule has 2 aliphatic carbocycles. The zero-order valence-corrected chi connectivity index (χ0v) is 12.3. The zero-order chi connectivity index (χ0) is 13.2. The van der Waals surface area contributed by atoms with Crippen molar-refractivity contribution in [1.82, 2.24) is 10.2 Å². The summed E-state index contributed by atoms with van der Waals surface area (Å²) in [7, 11) is 0. The lowest BCUT2D eigenvalue weighted by molar-refractivity contribution is 0.135. The summed E-state index contributed by atoms with van der Waals surface area (Å²) >= 11 is 0. The number of hydrogen-bond acceptors (Lipinski definition) is 3. The van der Waals surface area contributed by atoms with Gasteiger partial charge in [0.2, 0.25) is 0 Å². The van der Waals surface area contributed by atoms with Gasteiger partial charge >= 0.3 is 0 Å². The van der Waals surface area contributed by atoms with E-state index in [1.54, 1.807) is 0 Å². The van der Waals surface area contributed by atoms with Crippen LogP contribution in [0.15, 0.2) is 0 Å². The molecule has 2 fully saturated rings. The summed E-state index contributed by atoms with van der Waals surface area (Å²) in [4.78, 5) is 2.65. The lowest BCUT2D eigenvalue weighted by Gasteiger charge is -2.33. The van der Waals surface area contributed by atoms with Crippen molar-refractivity contribution in [2.45, 2.75) is 70.5 Å². The van der Waals surface area contributed by atoms with Crippen LogP contribution in [0.5, 0.6) is 0 Å². The summed E-state index contributed by atoms with van der Waals surface area (Å²) in [6.45, 7) is 9.34. The lowest BCUT2D eigenvalue weighted by atomic mass is 9.97. The summed E-state index contributed by atoms with van der Waals surface area (Å²) < 4.78 is 0. The van der Waals surface area contributed by atoms with E-state index in [1.807, 2.05) is 0 Å². The highest BCUT2D eigenvalue weighted by molar-refractivity contribution is 5.00. The average molecular weight is 254 g/mol. The van der Waals surface area contributed by atoms with Crippen LogP contribution < -0.4 is 5.32 Å². The molecule has 0 heterocycles. The molecule has 2 unspecified atom stereocenters. The number of nitrogens with one attached hydrogen (secondary N) is 1. The Balaban J connectivity index is 1.91. The van der Waals surface area contributed by atoms with Crippen LogP contribution in [0.25, 0.3) is 0 Å². The molecule has 0 spiro atoms. The maximum Gasteiger partial charge on any atom is 0.0614 e. The number of aliphatic hydroxyl groups excluding tert-OH is 1. The van der Waals surface area contributed by atoms with Gasteiger partial charge in [0.05, 0.1) is 6.61 Å². The fourth-order valence-corrected chi connectivity index (χ4v) is 3.51. The number of hydrogen-bond donors (Lipinski definition) is 2. The topological polar surface area (TPSA) is 35.5 Å². The minimum Gasteiger partial charge on any atom is -0.394 e. The fraction of sp³-hybridized carbons (Fsp3) is 1.00. The normalized spacial score (nSPS) is 32.7. The zero-order valence-electron chi connectivity index (χ0n) is 12.3. The molecule has 0 aromatic rings. The van der Waals surface area contributed by atoms with E-state index in [2.05, 4.69) is 31.0 Å². The van der Waals surface area contributed by atoms with E-state index in [9.17, 15) is 5.11 Å². The molecule has 0 saturated heterocycles. The second-order valence-corrected chi connectivity index (χ2v) is 6.67. The van der Waals surface area contributed by atoms with Gasteiger partial charge < -0.3 is 15.3 Å². The predicted molar refractivity (Wildman–Crippen MR) is 75.7 cm³/mol. The Morgan fingerprint density at radius 2 is 2.06 bits per heavy atom. The van der Waals surface area contributed by atoms with Gasteiger partial charge in [-0.3, -0.25) is 0 Å². The Hall–Kier alpha value is -0.120. The molecule has 0 bridgehead atoms. The van der Waals surface area contributed by atoms with Crippen molar-refractivity contribution in [1.29, 1.82) is 0 Å². The first-order valence-electron chi connectivity index (χ1n) is 7.71. The molecule has 18 heavy (non-hydrogen) atoms. The highest BCUT2D eigenvalue weighted by atomic mass is 16.3. The summed E-state index contributed by atoms with van der Waals surface area (Å²) in [6.07, 6.45) is 6.33. The van der Waals surface area contributed by atoms with E-state index in [0.717, 1.165) is 25.3 Å². The highest BCUT2D eigenvalue weighted by Gasteiger charge is 2.41. The van der Waals surface area contributed by atoms with Gasteiger partial charge in [-0.15, -0.1) is 0 Å². The minimum atomic E-state index is -0.0181. The minimum absolute atomic E-state index is 0.0181. The molecule has 0 radical (unpaired) electrons. The Kier molecular flexibility index (Phi) is 4.68. The van der Waals surface area contributed by atoms with E-state index in [-0.39, 0.29) is 12.1 Å². The van der Waals surface area contributed by atoms with Crippen LogP contribution in [0.3, 0.4) is 0 Å². The van der Waals surface area contributed by atoms with Crippen LogP contribution in [0.1, 0.15) is 52.9 Å². The Labute approximate surface area is 112 Å². The molecule has 2 atom stereocenters. The smallest absolute Gasteiger partial charge is 0.0614 e. The van der Waals surface area contributed by atoms with Gasteiger partial charge in [-0.25, -0.2) is 0 Å². The SMILES string of the molecule is CCN(CC1CC1)C1CCC(CO)(NC(C)C)C1.